The van der Waals surface area contributed by atoms with Crippen molar-refractivity contribution in [1.82, 2.24) is 10.3 Å². The standard InChI is InChI=1S/C10H14N2O/c1-7(2)8-4-5-9(12-6-8)10(13)11-3/h4-7H,1-3H3,(H,11,13). The van der Waals surface area contributed by atoms with Crippen LogP contribution in [0.25, 0.3) is 0 Å². The van der Waals surface area contributed by atoms with Crippen LogP contribution in [0.4, 0.5) is 0 Å². The lowest BCUT2D eigenvalue weighted by atomic mass is 10.1. The SMILES string of the molecule is CNC(=O)c1ccc(C(C)C)cn1. The van der Waals surface area contributed by atoms with Gasteiger partial charge in [0.25, 0.3) is 5.91 Å². The Hall–Kier alpha value is -1.38. The molecule has 0 atom stereocenters. The number of nitrogens with zero attached hydrogens (tertiary/aromatic N) is 1. The molecule has 1 aromatic heterocycles. The van der Waals surface area contributed by atoms with Crippen LogP contribution in [-0.4, -0.2) is 17.9 Å². The molecule has 1 heterocycles. The van der Waals surface area contributed by atoms with Crippen LogP contribution < -0.4 is 5.32 Å². The first-order chi connectivity index (χ1) is 6.15. The quantitative estimate of drug-likeness (QED) is 0.746. The first-order valence-corrected chi connectivity index (χ1v) is 4.33. The van der Waals surface area contributed by atoms with Crippen molar-refractivity contribution in [2.45, 2.75) is 19.8 Å². The van der Waals surface area contributed by atoms with Crippen molar-refractivity contribution < 1.29 is 4.79 Å². The summed E-state index contributed by atoms with van der Waals surface area (Å²) < 4.78 is 0. The molecule has 0 saturated carbocycles. The first-order valence-electron chi connectivity index (χ1n) is 4.33. The zero-order valence-electron chi connectivity index (χ0n) is 8.16. The maximum absolute atomic E-state index is 11.1. The van der Waals surface area contributed by atoms with Gasteiger partial charge in [0, 0.05) is 13.2 Å². The van der Waals surface area contributed by atoms with E-state index in [9.17, 15) is 4.79 Å². The van der Waals surface area contributed by atoms with Crippen molar-refractivity contribution in [1.29, 1.82) is 0 Å². The second-order valence-electron chi connectivity index (χ2n) is 3.21. The summed E-state index contributed by atoms with van der Waals surface area (Å²) >= 11 is 0. The second-order valence-corrected chi connectivity index (χ2v) is 3.21. The summed E-state index contributed by atoms with van der Waals surface area (Å²) in [5.74, 6) is 0.307. The molecule has 0 fully saturated rings. The van der Waals surface area contributed by atoms with Crippen LogP contribution in [0.5, 0.6) is 0 Å². The fourth-order valence-electron chi connectivity index (χ4n) is 1.01. The number of amides is 1. The summed E-state index contributed by atoms with van der Waals surface area (Å²) in [6.45, 7) is 4.19. The molecular weight excluding hydrogens is 164 g/mol. The molecular formula is C10H14N2O. The van der Waals surface area contributed by atoms with Crippen molar-refractivity contribution in [3.63, 3.8) is 0 Å². The first kappa shape index (κ1) is 9.71. The molecule has 13 heavy (non-hydrogen) atoms. The van der Waals surface area contributed by atoms with Gasteiger partial charge >= 0.3 is 0 Å². The lowest BCUT2D eigenvalue weighted by Gasteiger charge is -2.04. The average molecular weight is 178 g/mol. The van der Waals surface area contributed by atoms with Gasteiger partial charge in [-0.1, -0.05) is 19.9 Å². The highest BCUT2D eigenvalue weighted by Gasteiger charge is 2.04. The Bertz CT molecular complexity index is 290. The van der Waals surface area contributed by atoms with Gasteiger partial charge in [-0.25, -0.2) is 0 Å². The summed E-state index contributed by atoms with van der Waals surface area (Å²) in [5, 5.41) is 2.53. The Kier molecular flexibility index (Phi) is 3.01. The topological polar surface area (TPSA) is 42.0 Å². The minimum Gasteiger partial charge on any atom is -0.354 e. The molecule has 0 unspecified atom stereocenters. The zero-order valence-corrected chi connectivity index (χ0v) is 8.16. The Balaban J connectivity index is 2.87. The Morgan fingerprint density at radius 2 is 2.15 bits per heavy atom. The van der Waals surface area contributed by atoms with Crippen LogP contribution in [-0.2, 0) is 0 Å². The Labute approximate surface area is 78.2 Å². The van der Waals surface area contributed by atoms with Crippen molar-refractivity contribution >= 4 is 5.91 Å². The molecule has 0 bridgehead atoms. The van der Waals surface area contributed by atoms with Crippen LogP contribution in [0.1, 0.15) is 35.8 Å². The summed E-state index contributed by atoms with van der Waals surface area (Å²) in [6.07, 6.45) is 1.75. The van der Waals surface area contributed by atoms with Crippen molar-refractivity contribution in [3.05, 3.63) is 29.6 Å². The van der Waals surface area contributed by atoms with Crippen LogP contribution in [0.2, 0.25) is 0 Å². The van der Waals surface area contributed by atoms with E-state index in [4.69, 9.17) is 0 Å². The van der Waals surface area contributed by atoms with E-state index in [1.807, 2.05) is 6.07 Å². The van der Waals surface area contributed by atoms with Gasteiger partial charge < -0.3 is 5.32 Å². The minimum atomic E-state index is -0.143. The molecule has 1 amide bonds. The van der Waals surface area contributed by atoms with Crippen LogP contribution in [0.15, 0.2) is 18.3 Å². The number of pyridine rings is 1. The van der Waals surface area contributed by atoms with Gasteiger partial charge in [0.2, 0.25) is 0 Å². The third-order valence-electron chi connectivity index (χ3n) is 1.91. The van der Waals surface area contributed by atoms with E-state index in [0.717, 1.165) is 5.56 Å². The molecule has 0 saturated heterocycles. The Morgan fingerprint density at radius 1 is 1.46 bits per heavy atom. The van der Waals surface area contributed by atoms with E-state index in [1.165, 1.54) is 0 Å². The predicted octanol–water partition coefficient (Wildman–Crippen LogP) is 1.56. The molecule has 1 rings (SSSR count). The van der Waals surface area contributed by atoms with Crippen molar-refractivity contribution in [2.75, 3.05) is 7.05 Å². The maximum atomic E-state index is 11.1. The Morgan fingerprint density at radius 3 is 2.54 bits per heavy atom. The molecule has 0 aliphatic heterocycles. The summed E-state index contributed by atoms with van der Waals surface area (Å²) in [6, 6.07) is 3.68. The van der Waals surface area contributed by atoms with Gasteiger partial charge in [0.1, 0.15) is 5.69 Å². The minimum absolute atomic E-state index is 0.143. The van der Waals surface area contributed by atoms with E-state index in [0.29, 0.717) is 11.6 Å². The van der Waals surface area contributed by atoms with Gasteiger partial charge in [0.15, 0.2) is 0 Å². The number of carbonyl (C=O) groups excluding carboxylic acids is 1. The monoisotopic (exact) mass is 178 g/mol. The smallest absolute Gasteiger partial charge is 0.269 e. The number of hydrogen-bond donors (Lipinski definition) is 1. The number of nitrogens with one attached hydrogen (secondary N) is 1. The molecule has 3 heteroatoms. The molecule has 0 aromatic carbocycles. The van der Waals surface area contributed by atoms with Crippen LogP contribution in [0.3, 0.4) is 0 Å². The molecule has 0 aliphatic carbocycles. The highest BCUT2D eigenvalue weighted by Crippen LogP contribution is 2.12. The third-order valence-corrected chi connectivity index (χ3v) is 1.91. The highest BCUT2D eigenvalue weighted by molar-refractivity contribution is 5.91. The third kappa shape index (κ3) is 2.28. The number of carbonyl (C=O) groups is 1. The number of rotatable bonds is 2. The lowest BCUT2D eigenvalue weighted by molar-refractivity contribution is 0.0958. The second kappa shape index (κ2) is 4.03. The molecule has 3 nitrogen and oxygen atoms in total. The zero-order chi connectivity index (χ0) is 9.84. The normalized spacial score (nSPS) is 10.2. The van der Waals surface area contributed by atoms with E-state index in [1.54, 1.807) is 19.3 Å². The van der Waals surface area contributed by atoms with Gasteiger partial charge in [-0.3, -0.25) is 9.78 Å². The molecule has 0 radical (unpaired) electrons. The van der Waals surface area contributed by atoms with Gasteiger partial charge in [-0.15, -0.1) is 0 Å². The van der Waals surface area contributed by atoms with Crippen LogP contribution >= 0.6 is 0 Å². The van der Waals surface area contributed by atoms with E-state index in [-0.39, 0.29) is 5.91 Å². The van der Waals surface area contributed by atoms with Gasteiger partial charge in [-0.05, 0) is 17.5 Å². The summed E-state index contributed by atoms with van der Waals surface area (Å²) in [7, 11) is 1.60. The van der Waals surface area contributed by atoms with E-state index in [2.05, 4.69) is 24.1 Å². The molecule has 1 aromatic rings. The average Bonchev–Trinajstić information content (AvgIpc) is 2.17. The summed E-state index contributed by atoms with van der Waals surface area (Å²) in [4.78, 5) is 15.2. The molecule has 0 spiro atoms. The lowest BCUT2D eigenvalue weighted by Crippen LogP contribution is -2.19. The fraction of sp³-hybridized carbons (Fsp3) is 0.400. The maximum Gasteiger partial charge on any atom is 0.269 e. The summed E-state index contributed by atoms with van der Waals surface area (Å²) in [5.41, 5.74) is 1.61. The van der Waals surface area contributed by atoms with E-state index >= 15 is 0 Å². The van der Waals surface area contributed by atoms with Crippen molar-refractivity contribution in [3.8, 4) is 0 Å². The largest absolute Gasteiger partial charge is 0.354 e. The highest BCUT2D eigenvalue weighted by atomic mass is 16.1. The predicted molar refractivity (Wildman–Crippen MR) is 51.7 cm³/mol. The number of hydrogen-bond acceptors (Lipinski definition) is 2. The van der Waals surface area contributed by atoms with Crippen LogP contribution in [0, 0.1) is 0 Å². The van der Waals surface area contributed by atoms with Crippen molar-refractivity contribution in [2.24, 2.45) is 0 Å². The number of aromatic nitrogens is 1. The molecule has 0 aliphatic rings. The van der Waals surface area contributed by atoms with E-state index < -0.39 is 0 Å². The fourth-order valence-corrected chi connectivity index (χ4v) is 1.01. The molecule has 1 N–H and O–H groups in total. The van der Waals surface area contributed by atoms with Gasteiger partial charge in [0.05, 0.1) is 0 Å². The van der Waals surface area contributed by atoms with Gasteiger partial charge in [-0.2, -0.15) is 0 Å². The molecule has 70 valence electrons.